The summed E-state index contributed by atoms with van der Waals surface area (Å²) in [6.07, 6.45) is 1.81. The second kappa shape index (κ2) is 6.69. The second-order valence-corrected chi connectivity index (χ2v) is 6.47. The number of hydrogen-bond acceptors (Lipinski definition) is 5. The van der Waals surface area contributed by atoms with Crippen LogP contribution in [-0.2, 0) is 4.79 Å². The predicted octanol–water partition coefficient (Wildman–Crippen LogP) is 2.84. The fourth-order valence-electron chi connectivity index (χ4n) is 1.96. The maximum Gasteiger partial charge on any atom is 0.266 e. The van der Waals surface area contributed by atoms with Gasteiger partial charge in [0.25, 0.3) is 5.91 Å². The van der Waals surface area contributed by atoms with Crippen molar-refractivity contribution in [3.63, 3.8) is 0 Å². The first-order valence-electron chi connectivity index (χ1n) is 6.07. The Balaban J connectivity index is 2.51. The van der Waals surface area contributed by atoms with Crippen molar-refractivity contribution in [3.05, 3.63) is 26.2 Å². The fraction of sp³-hybridized carbons (Fsp3) is 0.286. The molecule has 1 aromatic carbocycles. The third-order valence-corrected chi connectivity index (χ3v) is 4.73. The molecular formula is C14H15IN2O3S. The van der Waals surface area contributed by atoms with Gasteiger partial charge < -0.3 is 9.47 Å². The molecule has 0 N–H and O–H groups in total. The van der Waals surface area contributed by atoms with E-state index < -0.39 is 0 Å². The molecule has 5 nitrogen and oxygen atoms in total. The molecular weight excluding hydrogens is 403 g/mol. The van der Waals surface area contributed by atoms with Crippen molar-refractivity contribution in [1.82, 2.24) is 4.90 Å². The highest BCUT2D eigenvalue weighted by Gasteiger charge is 2.30. The molecule has 1 aliphatic heterocycles. The number of amidine groups is 1. The van der Waals surface area contributed by atoms with Gasteiger partial charge in [0.2, 0.25) is 0 Å². The molecule has 0 aliphatic carbocycles. The second-order valence-electron chi connectivity index (χ2n) is 4.21. The van der Waals surface area contributed by atoms with Crippen LogP contribution in [0.4, 0.5) is 0 Å². The molecule has 7 heteroatoms. The zero-order valence-corrected chi connectivity index (χ0v) is 15.1. The largest absolute Gasteiger partial charge is 0.493 e. The summed E-state index contributed by atoms with van der Waals surface area (Å²) in [6, 6.07) is 3.83. The lowest BCUT2D eigenvalue weighted by atomic mass is 10.1. The fourth-order valence-corrected chi connectivity index (χ4v) is 3.49. The molecule has 0 saturated carbocycles. The van der Waals surface area contributed by atoms with Gasteiger partial charge in [-0.2, -0.15) is 0 Å². The van der Waals surface area contributed by atoms with Crippen LogP contribution in [-0.4, -0.2) is 44.3 Å². The van der Waals surface area contributed by atoms with Crippen LogP contribution in [0.1, 0.15) is 5.56 Å². The Kier molecular flexibility index (Phi) is 5.15. The number of benzene rings is 1. The van der Waals surface area contributed by atoms with Crippen LogP contribution in [0.2, 0.25) is 0 Å². The van der Waals surface area contributed by atoms with E-state index in [2.05, 4.69) is 27.6 Å². The molecule has 0 atom stereocenters. The SMILES string of the molecule is CN=C1S/C(=C\c2cc(I)cc(OC)c2OC)C(=O)N1C. The maximum absolute atomic E-state index is 12.2. The minimum atomic E-state index is -0.0690. The Labute approximate surface area is 141 Å². The third-order valence-electron chi connectivity index (χ3n) is 2.95. The van der Waals surface area contributed by atoms with Crippen LogP contribution in [0.15, 0.2) is 22.0 Å². The van der Waals surface area contributed by atoms with Crippen LogP contribution in [0.25, 0.3) is 6.08 Å². The average molecular weight is 418 g/mol. The molecule has 1 amide bonds. The Morgan fingerprint density at radius 1 is 1.33 bits per heavy atom. The topological polar surface area (TPSA) is 51.1 Å². The van der Waals surface area contributed by atoms with E-state index in [1.54, 1.807) is 28.3 Å². The number of halogens is 1. The number of ether oxygens (including phenoxy) is 2. The van der Waals surface area contributed by atoms with E-state index >= 15 is 0 Å². The lowest BCUT2D eigenvalue weighted by Gasteiger charge is -2.11. The summed E-state index contributed by atoms with van der Waals surface area (Å²) in [7, 11) is 6.56. The number of carbonyl (C=O) groups excluding carboxylic acids is 1. The highest BCUT2D eigenvalue weighted by molar-refractivity contribution is 14.1. The highest BCUT2D eigenvalue weighted by atomic mass is 127. The molecule has 1 heterocycles. The highest BCUT2D eigenvalue weighted by Crippen LogP contribution is 2.38. The molecule has 0 unspecified atom stereocenters. The molecule has 0 spiro atoms. The number of nitrogens with zero attached hydrogens (tertiary/aromatic N) is 2. The van der Waals surface area contributed by atoms with Crippen LogP contribution in [0.5, 0.6) is 11.5 Å². The summed E-state index contributed by atoms with van der Waals surface area (Å²) in [6.45, 7) is 0. The molecule has 21 heavy (non-hydrogen) atoms. The molecule has 0 aromatic heterocycles. The maximum atomic E-state index is 12.2. The van der Waals surface area contributed by atoms with Gasteiger partial charge in [0.1, 0.15) is 0 Å². The molecule has 112 valence electrons. The zero-order chi connectivity index (χ0) is 15.6. The van der Waals surface area contributed by atoms with Gasteiger partial charge in [0.15, 0.2) is 16.7 Å². The van der Waals surface area contributed by atoms with Crippen molar-refractivity contribution in [2.24, 2.45) is 4.99 Å². The smallest absolute Gasteiger partial charge is 0.266 e. The minimum absolute atomic E-state index is 0.0690. The molecule has 0 radical (unpaired) electrons. The van der Waals surface area contributed by atoms with Crippen molar-refractivity contribution in [3.8, 4) is 11.5 Å². The van der Waals surface area contributed by atoms with E-state index in [-0.39, 0.29) is 5.91 Å². The lowest BCUT2D eigenvalue weighted by molar-refractivity contribution is -0.121. The van der Waals surface area contributed by atoms with E-state index in [1.807, 2.05) is 18.2 Å². The van der Waals surface area contributed by atoms with Crippen molar-refractivity contribution in [2.75, 3.05) is 28.3 Å². The van der Waals surface area contributed by atoms with Crippen molar-refractivity contribution in [1.29, 1.82) is 0 Å². The normalized spacial score (nSPS) is 18.7. The monoisotopic (exact) mass is 418 g/mol. The van der Waals surface area contributed by atoms with E-state index in [4.69, 9.17) is 9.47 Å². The number of hydrogen-bond donors (Lipinski definition) is 0. The zero-order valence-electron chi connectivity index (χ0n) is 12.1. The molecule has 2 rings (SSSR count). The lowest BCUT2D eigenvalue weighted by Crippen LogP contribution is -2.23. The number of amides is 1. The summed E-state index contributed by atoms with van der Waals surface area (Å²) in [5.74, 6) is 1.19. The summed E-state index contributed by atoms with van der Waals surface area (Å²) in [5.41, 5.74) is 0.808. The standard InChI is InChI=1S/C14H15IN2O3S/c1-16-14-17(2)13(18)11(21-14)6-8-5-9(15)7-10(19-3)12(8)20-4/h5-7H,1-4H3/b11-6-,16-14?. The number of rotatable bonds is 3. The van der Waals surface area contributed by atoms with Gasteiger partial charge in [-0.15, -0.1) is 0 Å². The van der Waals surface area contributed by atoms with Gasteiger partial charge in [0.05, 0.1) is 19.1 Å². The van der Waals surface area contributed by atoms with Gasteiger partial charge in [-0.3, -0.25) is 14.7 Å². The first-order valence-corrected chi connectivity index (χ1v) is 7.97. The number of likely N-dealkylation sites (N-methyl/N-ethyl adjacent to an activating group) is 1. The van der Waals surface area contributed by atoms with Gasteiger partial charge >= 0.3 is 0 Å². The van der Waals surface area contributed by atoms with Crippen molar-refractivity contribution >= 4 is 51.5 Å². The number of carbonyl (C=O) groups is 1. The van der Waals surface area contributed by atoms with Crippen LogP contribution >= 0.6 is 34.4 Å². The Morgan fingerprint density at radius 2 is 2.05 bits per heavy atom. The van der Waals surface area contributed by atoms with Gasteiger partial charge in [-0.25, -0.2) is 0 Å². The summed E-state index contributed by atoms with van der Waals surface area (Å²) in [5, 5.41) is 0.683. The van der Waals surface area contributed by atoms with Gasteiger partial charge in [-0.1, -0.05) is 0 Å². The van der Waals surface area contributed by atoms with Gasteiger partial charge in [0, 0.05) is 23.2 Å². The van der Waals surface area contributed by atoms with E-state index in [1.165, 1.54) is 16.7 Å². The quantitative estimate of drug-likeness (QED) is 0.560. The summed E-state index contributed by atoms with van der Waals surface area (Å²) >= 11 is 3.55. The van der Waals surface area contributed by atoms with E-state index in [0.717, 1.165) is 9.13 Å². The van der Waals surface area contributed by atoms with E-state index in [0.29, 0.717) is 21.6 Å². The predicted molar refractivity (Wildman–Crippen MR) is 94.0 cm³/mol. The molecule has 1 aliphatic rings. The Bertz CT molecular complexity index is 643. The minimum Gasteiger partial charge on any atom is -0.493 e. The van der Waals surface area contributed by atoms with Crippen molar-refractivity contribution in [2.45, 2.75) is 0 Å². The average Bonchev–Trinajstić information content (AvgIpc) is 2.74. The first kappa shape index (κ1) is 16.2. The van der Waals surface area contributed by atoms with Crippen LogP contribution < -0.4 is 9.47 Å². The van der Waals surface area contributed by atoms with E-state index in [9.17, 15) is 4.79 Å². The van der Waals surface area contributed by atoms with Crippen LogP contribution in [0.3, 0.4) is 0 Å². The van der Waals surface area contributed by atoms with Gasteiger partial charge in [-0.05, 0) is 52.6 Å². The summed E-state index contributed by atoms with van der Waals surface area (Å²) in [4.78, 5) is 18.4. The number of aliphatic imine (C=N–C) groups is 1. The summed E-state index contributed by atoms with van der Waals surface area (Å²) < 4.78 is 11.7. The first-order chi connectivity index (χ1) is 10.0. The molecule has 1 aromatic rings. The van der Waals surface area contributed by atoms with Crippen LogP contribution in [0, 0.1) is 3.57 Å². The molecule has 1 fully saturated rings. The molecule has 0 bridgehead atoms. The molecule has 1 saturated heterocycles. The number of methoxy groups -OCH3 is 2. The Morgan fingerprint density at radius 3 is 2.57 bits per heavy atom. The third kappa shape index (κ3) is 3.18. The number of thioether (sulfide) groups is 1. The van der Waals surface area contributed by atoms with Crippen molar-refractivity contribution < 1.29 is 14.3 Å². The Hall–Kier alpha value is -1.22.